The van der Waals surface area contributed by atoms with Crippen molar-refractivity contribution in [2.24, 2.45) is 0 Å². The monoisotopic (exact) mass is 428 g/mol. The minimum atomic E-state index is 0.193. The maximum atomic E-state index is 9.70. The van der Waals surface area contributed by atoms with Crippen LogP contribution in [0.25, 0.3) is 0 Å². The first-order valence-electron chi connectivity index (χ1n) is 10.9. The van der Waals surface area contributed by atoms with E-state index >= 15 is 0 Å². The molecule has 0 aliphatic carbocycles. The molecular weight excluding hydrogens is 392 g/mol. The van der Waals surface area contributed by atoms with Crippen molar-refractivity contribution >= 4 is 0 Å². The van der Waals surface area contributed by atoms with E-state index in [1.807, 2.05) is 12.1 Å². The molecule has 0 radical (unpaired) electrons. The van der Waals surface area contributed by atoms with Gasteiger partial charge in [-0.15, -0.1) is 0 Å². The number of piperazine rings is 1. The Labute approximate surface area is 186 Å². The molecule has 1 N–H and O–H groups in total. The summed E-state index contributed by atoms with van der Waals surface area (Å²) >= 11 is 0. The van der Waals surface area contributed by atoms with Crippen molar-refractivity contribution in [3.8, 4) is 17.2 Å². The smallest absolute Gasteiger partial charge is 0.123 e. The lowest BCUT2D eigenvalue weighted by molar-refractivity contribution is 0.0495. The SMILES string of the molecule is COc1ccc(OC)c(CN2CCN(Cc3ccc(OC)c(C)c3C)C(CCO)C2)c1. The van der Waals surface area contributed by atoms with Crippen LogP contribution in [0.4, 0.5) is 0 Å². The molecule has 1 saturated heterocycles. The molecule has 0 amide bonds. The van der Waals surface area contributed by atoms with Gasteiger partial charge in [0.2, 0.25) is 0 Å². The van der Waals surface area contributed by atoms with Crippen LogP contribution in [0.3, 0.4) is 0 Å². The fourth-order valence-corrected chi connectivity index (χ4v) is 4.44. The zero-order valence-electron chi connectivity index (χ0n) is 19.5. The van der Waals surface area contributed by atoms with Crippen molar-refractivity contribution in [1.29, 1.82) is 0 Å². The van der Waals surface area contributed by atoms with Gasteiger partial charge in [-0.05, 0) is 61.2 Å². The van der Waals surface area contributed by atoms with Gasteiger partial charge in [0.15, 0.2) is 0 Å². The Kier molecular flexibility index (Phi) is 8.18. The molecule has 1 atom stereocenters. The standard InChI is InChI=1S/C25H36N2O4/c1-18-19(2)24(30-4)8-6-20(18)16-27-12-11-26(17-22(27)10-13-28)15-21-14-23(29-3)7-9-25(21)31-5/h6-9,14,22,28H,10-13,15-17H2,1-5H3. The Bertz CT molecular complexity index is 871. The van der Waals surface area contributed by atoms with Crippen LogP contribution in [0.15, 0.2) is 30.3 Å². The van der Waals surface area contributed by atoms with Gasteiger partial charge in [-0.3, -0.25) is 9.80 Å². The summed E-state index contributed by atoms with van der Waals surface area (Å²) in [5.41, 5.74) is 4.93. The van der Waals surface area contributed by atoms with Gasteiger partial charge in [-0.1, -0.05) is 6.07 Å². The second-order valence-corrected chi connectivity index (χ2v) is 8.23. The van der Waals surface area contributed by atoms with Crippen LogP contribution in [0.2, 0.25) is 0 Å². The van der Waals surface area contributed by atoms with Crippen molar-refractivity contribution in [1.82, 2.24) is 9.80 Å². The Morgan fingerprint density at radius 3 is 2.29 bits per heavy atom. The molecule has 2 aromatic rings. The zero-order chi connectivity index (χ0) is 22.4. The number of rotatable bonds is 9. The van der Waals surface area contributed by atoms with Crippen LogP contribution in [0.5, 0.6) is 17.2 Å². The summed E-state index contributed by atoms with van der Waals surface area (Å²) in [5.74, 6) is 2.66. The van der Waals surface area contributed by atoms with E-state index in [9.17, 15) is 5.11 Å². The summed E-state index contributed by atoms with van der Waals surface area (Å²) in [7, 11) is 5.11. The molecule has 1 aliphatic rings. The van der Waals surface area contributed by atoms with E-state index in [1.165, 1.54) is 16.7 Å². The third-order valence-corrected chi connectivity index (χ3v) is 6.48. The quantitative estimate of drug-likeness (QED) is 0.661. The highest BCUT2D eigenvalue weighted by Gasteiger charge is 2.28. The number of nitrogens with zero attached hydrogens (tertiary/aromatic N) is 2. The number of aliphatic hydroxyl groups is 1. The summed E-state index contributed by atoms with van der Waals surface area (Å²) in [6, 6.07) is 10.5. The second-order valence-electron chi connectivity index (χ2n) is 8.23. The summed E-state index contributed by atoms with van der Waals surface area (Å²) in [6.45, 7) is 9.00. The normalized spacial score (nSPS) is 17.5. The van der Waals surface area contributed by atoms with Gasteiger partial charge in [0, 0.05) is 50.9 Å². The van der Waals surface area contributed by atoms with E-state index in [4.69, 9.17) is 14.2 Å². The lowest BCUT2D eigenvalue weighted by Crippen LogP contribution is -2.52. The first kappa shape index (κ1) is 23.4. The maximum absolute atomic E-state index is 9.70. The van der Waals surface area contributed by atoms with E-state index in [2.05, 4.69) is 41.8 Å². The van der Waals surface area contributed by atoms with Crippen molar-refractivity contribution in [3.05, 3.63) is 52.6 Å². The van der Waals surface area contributed by atoms with Crippen molar-refractivity contribution < 1.29 is 19.3 Å². The van der Waals surface area contributed by atoms with Crippen LogP contribution in [-0.2, 0) is 13.1 Å². The van der Waals surface area contributed by atoms with Crippen LogP contribution in [0.1, 0.15) is 28.7 Å². The fraction of sp³-hybridized carbons (Fsp3) is 0.520. The average molecular weight is 429 g/mol. The molecule has 1 unspecified atom stereocenters. The molecule has 170 valence electrons. The van der Waals surface area contributed by atoms with Gasteiger partial charge in [0.25, 0.3) is 0 Å². The molecule has 0 spiro atoms. The highest BCUT2D eigenvalue weighted by atomic mass is 16.5. The minimum absolute atomic E-state index is 0.193. The lowest BCUT2D eigenvalue weighted by atomic mass is 10.00. The van der Waals surface area contributed by atoms with E-state index in [1.54, 1.807) is 21.3 Å². The molecule has 6 heteroatoms. The average Bonchev–Trinajstić information content (AvgIpc) is 2.78. The van der Waals surface area contributed by atoms with Crippen LogP contribution >= 0.6 is 0 Å². The molecule has 6 nitrogen and oxygen atoms in total. The fourth-order valence-electron chi connectivity index (χ4n) is 4.44. The first-order valence-corrected chi connectivity index (χ1v) is 10.9. The molecule has 0 aromatic heterocycles. The summed E-state index contributed by atoms with van der Waals surface area (Å²) in [6.07, 6.45) is 0.764. The van der Waals surface area contributed by atoms with Gasteiger partial charge < -0.3 is 19.3 Å². The van der Waals surface area contributed by atoms with Gasteiger partial charge in [-0.2, -0.15) is 0 Å². The molecule has 0 bridgehead atoms. The van der Waals surface area contributed by atoms with E-state index in [-0.39, 0.29) is 6.61 Å². The third-order valence-electron chi connectivity index (χ3n) is 6.48. The van der Waals surface area contributed by atoms with Crippen LogP contribution < -0.4 is 14.2 Å². The topological polar surface area (TPSA) is 54.4 Å². The molecular formula is C25H36N2O4. The molecule has 3 rings (SSSR count). The predicted molar refractivity (Wildman–Crippen MR) is 123 cm³/mol. The van der Waals surface area contributed by atoms with Gasteiger partial charge >= 0.3 is 0 Å². The van der Waals surface area contributed by atoms with Crippen LogP contribution in [0, 0.1) is 13.8 Å². The van der Waals surface area contributed by atoms with E-state index in [0.717, 1.165) is 62.0 Å². The number of hydrogen-bond donors (Lipinski definition) is 1. The number of aliphatic hydroxyl groups excluding tert-OH is 1. The molecule has 1 aliphatic heterocycles. The summed E-state index contributed by atoms with van der Waals surface area (Å²) in [5, 5.41) is 9.70. The lowest BCUT2D eigenvalue weighted by Gasteiger charge is -2.42. The second kappa shape index (κ2) is 10.8. The maximum Gasteiger partial charge on any atom is 0.123 e. The highest BCUT2D eigenvalue weighted by Crippen LogP contribution is 2.28. The van der Waals surface area contributed by atoms with Crippen molar-refractivity contribution in [2.75, 3.05) is 47.6 Å². The highest BCUT2D eigenvalue weighted by molar-refractivity contribution is 5.43. The Hall–Kier alpha value is -2.28. The van der Waals surface area contributed by atoms with Crippen molar-refractivity contribution in [2.45, 2.75) is 39.4 Å². The molecule has 2 aromatic carbocycles. The third kappa shape index (κ3) is 5.50. The summed E-state index contributed by atoms with van der Waals surface area (Å²) in [4.78, 5) is 4.95. The number of hydrogen-bond acceptors (Lipinski definition) is 6. The van der Waals surface area contributed by atoms with Gasteiger partial charge in [0.05, 0.1) is 21.3 Å². The number of methoxy groups -OCH3 is 3. The Balaban J connectivity index is 1.72. The van der Waals surface area contributed by atoms with E-state index in [0.29, 0.717) is 6.04 Å². The molecule has 31 heavy (non-hydrogen) atoms. The van der Waals surface area contributed by atoms with Gasteiger partial charge in [0.1, 0.15) is 17.2 Å². The van der Waals surface area contributed by atoms with Gasteiger partial charge in [-0.25, -0.2) is 0 Å². The number of ether oxygens (including phenoxy) is 3. The Morgan fingerprint density at radius 1 is 0.871 bits per heavy atom. The van der Waals surface area contributed by atoms with Crippen molar-refractivity contribution in [3.63, 3.8) is 0 Å². The molecule has 0 saturated carbocycles. The van der Waals surface area contributed by atoms with E-state index < -0.39 is 0 Å². The van der Waals surface area contributed by atoms with Crippen LogP contribution in [-0.4, -0.2) is 68.5 Å². The first-order chi connectivity index (χ1) is 15.0. The predicted octanol–water partition coefficient (Wildman–Crippen LogP) is 3.40. The molecule has 1 heterocycles. The zero-order valence-corrected chi connectivity index (χ0v) is 19.5. The molecule has 1 fully saturated rings. The number of benzene rings is 2. The largest absolute Gasteiger partial charge is 0.497 e. The Morgan fingerprint density at radius 2 is 1.61 bits per heavy atom. The summed E-state index contributed by atoms with van der Waals surface area (Å²) < 4.78 is 16.4. The minimum Gasteiger partial charge on any atom is -0.497 e.